The van der Waals surface area contributed by atoms with Crippen molar-refractivity contribution in [2.75, 3.05) is 44.2 Å². The predicted molar refractivity (Wildman–Crippen MR) is 115 cm³/mol. The number of nitrogens with zero attached hydrogens (tertiary/aromatic N) is 3. The predicted octanol–water partition coefficient (Wildman–Crippen LogP) is 3.90. The monoisotopic (exact) mass is 397 g/mol. The molecule has 1 atom stereocenters. The third-order valence-electron chi connectivity index (χ3n) is 5.89. The number of carbonyl (C=O) groups excluding carboxylic acids is 1. The van der Waals surface area contributed by atoms with Crippen LogP contribution in [0.4, 0.5) is 5.69 Å². The molecule has 0 N–H and O–H groups in total. The second-order valence-electron chi connectivity index (χ2n) is 7.93. The quantitative estimate of drug-likeness (QED) is 0.765. The van der Waals surface area contributed by atoms with Crippen LogP contribution in [0.25, 0.3) is 0 Å². The van der Waals surface area contributed by atoms with Crippen molar-refractivity contribution in [3.63, 3.8) is 0 Å². The summed E-state index contributed by atoms with van der Waals surface area (Å²) in [6.07, 6.45) is 1.81. The molecule has 0 saturated carbocycles. The Morgan fingerprint density at radius 2 is 1.75 bits per heavy atom. The van der Waals surface area contributed by atoms with E-state index in [2.05, 4.69) is 46.2 Å². The van der Waals surface area contributed by atoms with Gasteiger partial charge in [0.05, 0.1) is 0 Å². The van der Waals surface area contributed by atoms with E-state index in [1.54, 1.807) is 0 Å². The summed E-state index contributed by atoms with van der Waals surface area (Å²) in [5.41, 5.74) is 2.50. The summed E-state index contributed by atoms with van der Waals surface area (Å²) < 4.78 is 0. The molecule has 0 aromatic heterocycles. The third kappa shape index (κ3) is 4.86. The van der Waals surface area contributed by atoms with Crippen LogP contribution in [0.1, 0.15) is 18.4 Å². The molecule has 0 spiro atoms. The molecule has 4 rings (SSSR count). The highest BCUT2D eigenvalue weighted by atomic mass is 35.5. The molecule has 148 valence electrons. The Bertz CT molecular complexity index is 789. The lowest BCUT2D eigenvalue weighted by molar-refractivity contribution is -0.132. The van der Waals surface area contributed by atoms with E-state index in [-0.39, 0.29) is 0 Å². The van der Waals surface area contributed by atoms with E-state index in [1.165, 1.54) is 5.56 Å². The Morgan fingerprint density at radius 1 is 0.964 bits per heavy atom. The number of likely N-dealkylation sites (tertiary alicyclic amines) is 1. The van der Waals surface area contributed by atoms with E-state index in [1.807, 2.05) is 23.1 Å². The number of anilines is 1. The fourth-order valence-electron chi connectivity index (χ4n) is 4.33. The van der Waals surface area contributed by atoms with Crippen LogP contribution in [0.15, 0.2) is 54.6 Å². The molecule has 1 amide bonds. The minimum Gasteiger partial charge on any atom is -0.368 e. The molecule has 2 saturated heterocycles. The first-order valence-corrected chi connectivity index (χ1v) is 10.6. The SMILES string of the molecule is O=C(CC1CCN(Cc2ccccc2)C1)N1CCN(c2cccc(Cl)c2)CC1. The van der Waals surface area contributed by atoms with Gasteiger partial charge in [0.15, 0.2) is 0 Å². The summed E-state index contributed by atoms with van der Waals surface area (Å²) in [7, 11) is 0. The van der Waals surface area contributed by atoms with Crippen molar-refractivity contribution >= 4 is 23.2 Å². The minimum atomic E-state index is 0.317. The van der Waals surface area contributed by atoms with Gasteiger partial charge in [-0.05, 0) is 42.6 Å². The number of halogens is 1. The van der Waals surface area contributed by atoms with Crippen molar-refractivity contribution in [3.05, 3.63) is 65.2 Å². The van der Waals surface area contributed by atoms with Gasteiger partial charge in [-0.2, -0.15) is 0 Å². The molecule has 2 heterocycles. The van der Waals surface area contributed by atoms with Crippen LogP contribution in [-0.4, -0.2) is 55.0 Å². The highest BCUT2D eigenvalue weighted by Gasteiger charge is 2.28. The second-order valence-corrected chi connectivity index (χ2v) is 8.36. The molecule has 2 fully saturated rings. The zero-order chi connectivity index (χ0) is 19.3. The fourth-order valence-corrected chi connectivity index (χ4v) is 4.51. The lowest BCUT2D eigenvalue weighted by Gasteiger charge is -2.36. The van der Waals surface area contributed by atoms with Crippen LogP contribution in [0.5, 0.6) is 0 Å². The number of amides is 1. The average Bonchev–Trinajstić information content (AvgIpc) is 3.15. The summed E-state index contributed by atoms with van der Waals surface area (Å²) in [6.45, 7) is 6.45. The van der Waals surface area contributed by atoms with E-state index in [0.29, 0.717) is 18.2 Å². The standard InChI is InChI=1S/C23H28ClN3O/c24-21-7-4-8-22(16-21)26-11-13-27(14-12-26)23(28)15-20-9-10-25(18-20)17-19-5-2-1-3-6-19/h1-8,16,20H,9-15,17-18H2. The first-order chi connectivity index (χ1) is 13.7. The Morgan fingerprint density at radius 3 is 2.50 bits per heavy atom. The molecule has 0 bridgehead atoms. The molecule has 0 radical (unpaired) electrons. The van der Waals surface area contributed by atoms with E-state index in [9.17, 15) is 4.79 Å². The third-order valence-corrected chi connectivity index (χ3v) is 6.12. The smallest absolute Gasteiger partial charge is 0.223 e. The summed E-state index contributed by atoms with van der Waals surface area (Å²) >= 11 is 6.11. The van der Waals surface area contributed by atoms with Crippen LogP contribution in [-0.2, 0) is 11.3 Å². The van der Waals surface area contributed by atoms with Gasteiger partial charge in [-0.25, -0.2) is 0 Å². The molecule has 2 aromatic rings. The molecule has 1 unspecified atom stereocenters. The summed E-state index contributed by atoms with van der Waals surface area (Å²) in [5.74, 6) is 0.805. The van der Waals surface area contributed by atoms with Crippen LogP contribution in [0.3, 0.4) is 0 Å². The van der Waals surface area contributed by atoms with E-state index in [4.69, 9.17) is 11.6 Å². The molecular weight excluding hydrogens is 370 g/mol. The lowest BCUT2D eigenvalue weighted by Crippen LogP contribution is -2.49. The number of benzene rings is 2. The molecule has 4 nitrogen and oxygen atoms in total. The van der Waals surface area contributed by atoms with Crippen molar-refractivity contribution in [2.24, 2.45) is 5.92 Å². The van der Waals surface area contributed by atoms with Gasteiger partial charge in [-0.1, -0.05) is 48.0 Å². The van der Waals surface area contributed by atoms with E-state index >= 15 is 0 Å². The fraction of sp³-hybridized carbons (Fsp3) is 0.435. The topological polar surface area (TPSA) is 26.8 Å². The van der Waals surface area contributed by atoms with E-state index in [0.717, 1.165) is 62.9 Å². The maximum atomic E-state index is 12.8. The summed E-state index contributed by atoms with van der Waals surface area (Å²) in [6, 6.07) is 18.6. The molecule has 0 aliphatic carbocycles. The average molecular weight is 398 g/mol. The molecule has 2 aliphatic heterocycles. The zero-order valence-electron chi connectivity index (χ0n) is 16.3. The van der Waals surface area contributed by atoms with Gasteiger partial charge in [-0.3, -0.25) is 9.69 Å². The number of hydrogen-bond donors (Lipinski definition) is 0. The van der Waals surface area contributed by atoms with Gasteiger partial charge in [0.2, 0.25) is 5.91 Å². The number of piperazine rings is 1. The largest absolute Gasteiger partial charge is 0.368 e. The molecular formula is C23H28ClN3O. The van der Waals surface area contributed by atoms with Gasteiger partial charge in [0.25, 0.3) is 0 Å². The second kappa shape index (κ2) is 8.97. The minimum absolute atomic E-state index is 0.317. The van der Waals surface area contributed by atoms with Crippen LogP contribution < -0.4 is 4.90 Å². The van der Waals surface area contributed by atoms with Crippen molar-refractivity contribution in [1.82, 2.24) is 9.80 Å². The first-order valence-electron chi connectivity index (χ1n) is 10.2. The Balaban J connectivity index is 1.23. The van der Waals surface area contributed by atoms with Crippen molar-refractivity contribution in [3.8, 4) is 0 Å². The van der Waals surface area contributed by atoms with Gasteiger partial charge in [-0.15, -0.1) is 0 Å². The van der Waals surface area contributed by atoms with Gasteiger partial charge >= 0.3 is 0 Å². The van der Waals surface area contributed by atoms with E-state index < -0.39 is 0 Å². The van der Waals surface area contributed by atoms with Gasteiger partial charge in [0.1, 0.15) is 0 Å². The van der Waals surface area contributed by atoms with Crippen molar-refractivity contribution in [2.45, 2.75) is 19.4 Å². The Labute approximate surface area is 172 Å². The number of rotatable bonds is 5. The van der Waals surface area contributed by atoms with Crippen LogP contribution >= 0.6 is 11.6 Å². The highest BCUT2D eigenvalue weighted by molar-refractivity contribution is 6.30. The first kappa shape index (κ1) is 19.3. The number of carbonyl (C=O) groups is 1. The molecule has 2 aromatic carbocycles. The van der Waals surface area contributed by atoms with Gasteiger partial charge in [0, 0.05) is 56.4 Å². The highest BCUT2D eigenvalue weighted by Crippen LogP contribution is 2.24. The lowest BCUT2D eigenvalue weighted by atomic mass is 10.0. The normalized spacial score (nSPS) is 20.5. The molecule has 28 heavy (non-hydrogen) atoms. The Kier molecular flexibility index (Phi) is 6.18. The molecule has 5 heteroatoms. The van der Waals surface area contributed by atoms with Crippen LogP contribution in [0, 0.1) is 5.92 Å². The molecule has 2 aliphatic rings. The number of hydrogen-bond acceptors (Lipinski definition) is 3. The van der Waals surface area contributed by atoms with Crippen molar-refractivity contribution in [1.29, 1.82) is 0 Å². The van der Waals surface area contributed by atoms with Crippen LogP contribution in [0.2, 0.25) is 5.02 Å². The summed E-state index contributed by atoms with van der Waals surface area (Å²) in [5, 5.41) is 0.761. The maximum Gasteiger partial charge on any atom is 0.223 e. The summed E-state index contributed by atoms with van der Waals surface area (Å²) in [4.78, 5) is 19.6. The Hall–Kier alpha value is -2.04. The van der Waals surface area contributed by atoms with Gasteiger partial charge < -0.3 is 9.80 Å². The van der Waals surface area contributed by atoms with Crippen molar-refractivity contribution < 1.29 is 4.79 Å². The maximum absolute atomic E-state index is 12.8. The zero-order valence-corrected chi connectivity index (χ0v) is 17.0.